The van der Waals surface area contributed by atoms with Crippen molar-refractivity contribution in [3.05, 3.63) is 87.3 Å². The van der Waals surface area contributed by atoms with Crippen molar-refractivity contribution in [2.24, 2.45) is 5.10 Å². The molecule has 3 N–H and O–H groups in total. The van der Waals surface area contributed by atoms with E-state index in [1.165, 1.54) is 18.0 Å². The topological polar surface area (TPSA) is 94.3 Å². The fraction of sp³-hybridized carbons (Fsp3) is 0.0435. The molecule has 1 heterocycles. The van der Waals surface area contributed by atoms with Gasteiger partial charge in [0.1, 0.15) is 11.4 Å². The Hall–Kier alpha value is -2.95. The predicted octanol–water partition coefficient (Wildman–Crippen LogP) is 4.83. The van der Waals surface area contributed by atoms with Crippen LogP contribution in [0.25, 0.3) is 17.1 Å². The van der Waals surface area contributed by atoms with Gasteiger partial charge in [0.2, 0.25) is 0 Å². The van der Waals surface area contributed by atoms with Crippen molar-refractivity contribution in [3.8, 4) is 22.8 Å². The molecule has 33 heavy (non-hydrogen) atoms. The van der Waals surface area contributed by atoms with Crippen molar-refractivity contribution in [2.45, 2.75) is 5.16 Å². The van der Waals surface area contributed by atoms with Crippen LogP contribution in [0.3, 0.4) is 0 Å². The smallest absolute Gasteiger partial charge is 0.342 e. The fourth-order valence-electron chi connectivity index (χ4n) is 3.02. The average molecular weight is 588 g/mol. The Morgan fingerprint density at radius 3 is 2.55 bits per heavy atom. The first-order valence-corrected chi connectivity index (χ1v) is 12.3. The number of hydrazone groups is 1. The molecule has 0 saturated heterocycles. The van der Waals surface area contributed by atoms with Crippen LogP contribution in [0.15, 0.2) is 92.0 Å². The van der Waals surface area contributed by atoms with Gasteiger partial charge in [0.15, 0.2) is 0 Å². The lowest BCUT2D eigenvalue weighted by Gasteiger charge is -2.04. The molecular formula is C23H18Br2N5O2S+. The minimum absolute atomic E-state index is 0.0411. The third kappa shape index (κ3) is 5.70. The van der Waals surface area contributed by atoms with Crippen molar-refractivity contribution >= 4 is 55.7 Å². The van der Waals surface area contributed by atoms with Crippen LogP contribution in [0.4, 0.5) is 0 Å². The van der Waals surface area contributed by atoms with E-state index >= 15 is 0 Å². The highest BCUT2D eigenvalue weighted by Gasteiger charge is 2.24. The van der Waals surface area contributed by atoms with Crippen molar-refractivity contribution in [2.75, 3.05) is 5.75 Å². The number of H-pyrrole nitrogens is 1. The molecule has 0 radical (unpaired) electrons. The number of aromatic amines is 1. The summed E-state index contributed by atoms with van der Waals surface area (Å²) in [6.07, 6.45) is 1.39. The standard InChI is InChI=1S/C23H17Br2N5O2S/c24-17-11-16(21(32)19(25)12-17)13-26-27-20(31)14-33-23-29-28-22(15-7-3-1-4-8-15)30(23)18-9-5-2-6-10-18/h1-13H,14H2,(H2,26,27,31,32)/p+1. The number of thioether (sulfide) groups is 1. The number of carbonyl (C=O) groups is 1. The SMILES string of the molecule is O=C(CSc1n[nH]c(-c2ccccc2)[n+]1-c1ccccc1)NN=Cc1cc(Br)cc(Br)c1O. The lowest BCUT2D eigenvalue weighted by atomic mass is 10.2. The maximum atomic E-state index is 12.4. The molecule has 4 rings (SSSR count). The molecule has 0 saturated carbocycles. The van der Waals surface area contributed by atoms with Crippen LogP contribution in [0.1, 0.15) is 5.56 Å². The number of rotatable bonds is 7. The van der Waals surface area contributed by atoms with Gasteiger partial charge in [0.25, 0.3) is 11.7 Å². The lowest BCUT2D eigenvalue weighted by Crippen LogP contribution is -2.34. The highest BCUT2D eigenvalue weighted by molar-refractivity contribution is 9.11. The second-order valence-electron chi connectivity index (χ2n) is 6.80. The van der Waals surface area contributed by atoms with Gasteiger partial charge >= 0.3 is 5.16 Å². The molecule has 1 amide bonds. The summed E-state index contributed by atoms with van der Waals surface area (Å²) in [6, 6.07) is 23.1. The van der Waals surface area contributed by atoms with Crippen LogP contribution >= 0.6 is 43.6 Å². The quantitative estimate of drug-likeness (QED) is 0.125. The summed E-state index contributed by atoms with van der Waals surface area (Å²) >= 11 is 7.92. The lowest BCUT2D eigenvalue weighted by molar-refractivity contribution is -0.625. The maximum absolute atomic E-state index is 12.4. The molecular weight excluding hydrogens is 570 g/mol. The monoisotopic (exact) mass is 586 g/mol. The van der Waals surface area contributed by atoms with Gasteiger partial charge in [-0.15, -0.1) is 5.10 Å². The Bertz CT molecular complexity index is 1300. The normalized spacial score (nSPS) is 11.1. The van der Waals surface area contributed by atoms with Crippen molar-refractivity contribution in [3.63, 3.8) is 0 Å². The molecule has 7 nitrogen and oxygen atoms in total. The molecule has 10 heteroatoms. The number of nitrogens with zero attached hydrogens (tertiary/aromatic N) is 3. The minimum atomic E-state index is -0.298. The van der Waals surface area contributed by atoms with E-state index in [-0.39, 0.29) is 17.4 Å². The predicted molar refractivity (Wildman–Crippen MR) is 136 cm³/mol. The third-order valence-corrected chi connectivity index (χ3v) is 6.52. The first kappa shape index (κ1) is 23.2. The summed E-state index contributed by atoms with van der Waals surface area (Å²) in [6.45, 7) is 0. The molecule has 0 atom stereocenters. The van der Waals surface area contributed by atoms with Crippen LogP contribution in [-0.2, 0) is 4.79 Å². The van der Waals surface area contributed by atoms with E-state index in [9.17, 15) is 9.90 Å². The number of carbonyl (C=O) groups excluding carboxylic acids is 1. The molecule has 0 spiro atoms. The number of hydrogen-bond acceptors (Lipinski definition) is 5. The largest absolute Gasteiger partial charge is 0.506 e. The Labute approximate surface area is 211 Å². The number of benzene rings is 3. The molecule has 0 unspecified atom stereocenters. The molecule has 1 aromatic heterocycles. The third-order valence-electron chi connectivity index (χ3n) is 4.52. The number of aromatic nitrogens is 3. The van der Waals surface area contributed by atoms with Gasteiger partial charge in [0, 0.05) is 10.0 Å². The van der Waals surface area contributed by atoms with Crippen LogP contribution in [-0.4, -0.2) is 33.2 Å². The van der Waals surface area contributed by atoms with E-state index in [2.05, 4.69) is 52.6 Å². The van der Waals surface area contributed by atoms with Crippen LogP contribution in [0.5, 0.6) is 5.75 Å². The molecule has 0 fully saturated rings. The summed E-state index contributed by atoms with van der Waals surface area (Å²) in [7, 11) is 0. The van der Waals surface area contributed by atoms with E-state index in [0.29, 0.717) is 15.2 Å². The highest BCUT2D eigenvalue weighted by Crippen LogP contribution is 2.30. The molecule has 0 aliphatic carbocycles. The van der Waals surface area contributed by atoms with E-state index in [1.54, 1.807) is 12.1 Å². The summed E-state index contributed by atoms with van der Waals surface area (Å²) in [5, 5.41) is 22.2. The fourth-order valence-corrected chi connectivity index (χ4v) is 5.04. The van der Waals surface area contributed by atoms with Crippen LogP contribution in [0.2, 0.25) is 0 Å². The zero-order valence-electron chi connectivity index (χ0n) is 17.1. The molecule has 0 aliphatic heterocycles. The maximum Gasteiger partial charge on any atom is 0.342 e. The number of aromatic hydroxyl groups is 1. The van der Waals surface area contributed by atoms with Crippen LogP contribution < -0.4 is 9.99 Å². The number of nitrogens with one attached hydrogen (secondary N) is 2. The summed E-state index contributed by atoms with van der Waals surface area (Å²) in [5.41, 5.74) is 4.86. The Morgan fingerprint density at radius 2 is 1.82 bits per heavy atom. The number of hydrogen-bond donors (Lipinski definition) is 3. The van der Waals surface area contributed by atoms with Gasteiger partial charge in [-0.2, -0.15) is 9.67 Å². The number of phenols is 1. The summed E-state index contributed by atoms with van der Waals surface area (Å²) < 4.78 is 3.28. The highest BCUT2D eigenvalue weighted by atomic mass is 79.9. The summed E-state index contributed by atoms with van der Waals surface area (Å²) in [4.78, 5) is 12.4. The first-order chi connectivity index (χ1) is 16.0. The van der Waals surface area contributed by atoms with Gasteiger partial charge < -0.3 is 5.11 Å². The van der Waals surface area contributed by atoms with E-state index < -0.39 is 0 Å². The number of amides is 1. The van der Waals surface area contributed by atoms with Gasteiger partial charge in [0.05, 0.1) is 27.1 Å². The first-order valence-electron chi connectivity index (χ1n) is 9.77. The van der Waals surface area contributed by atoms with E-state index in [1.807, 2.05) is 65.2 Å². The molecule has 0 aliphatic rings. The zero-order chi connectivity index (χ0) is 23.2. The number of para-hydroxylation sites is 1. The number of halogens is 2. The van der Waals surface area contributed by atoms with Crippen molar-refractivity contribution in [1.82, 2.24) is 15.6 Å². The molecule has 3 aromatic carbocycles. The Morgan fingerprint density at radius 1 is 1.12 bits per heavy atom. The van der Waals surface area contributed by atoms with Crippen molar-refractivity contribution < 1.29 is 14.5 Å². The minimum Gasteiger partial charge on any atom is -0.506 e. The second kappa shape index (κ2) is 10.8. The molecule has 166 valence electrons. The van der Waals surface area contributed by atoms with Gasteiger partial charge in [-0.1, -0.05) is 52.3 Å². The van der Waals surface area contributed by atoms with Crippen LogP contribution in [0, 0.1) is 0 Å². The van der Waals surface area contributed by atoms with E-state index in [4.69, 9.17) is 0 Å². The van der Waals surface area contributed by atoms with E-state index in [0.717, 1.165) is 21.5 Å². The van der Waals surface area contributed by atoms with Gasteiger partial charge in [-0.25, -0.2) is 5.43 Å². The summed E-state index contributed by atoms with van der Waals surface area (Å²) in [5.74, 6) is 0.670. The molecule has 0 bridgehead atoms. The second-order valence-corrected chi connectivity index (χ2v) is 9.51. The average Bonchev–Trinajstić information content (AvgIpc) is 3.26. The van der Waals surface area contributed by atoms with Gasteiger partial charge in [-0.05, 0) is 64.1 Å². The Balaban J connectivity index is 1.48. The molecule has 4 aromatic rings. The van der Waals surface area contributed by atoms with Crippen molar-refractivity contribution in [1.29, 1.82) is 0 Å². The van der Waals surface area contributed by atoms with Gasteiger partial charge in [-0.3, -0.25) is 4.79 Å². The Kier molecular flexibility index (Phi) is 7.58. The number of phenolic OH excluding ortho intramolecular Hbond substituents is 1. The zero-order valence-corrected chi connectivity index (χ0v) is 21.1.